The van der Waals surface area contributed by atoms with E-state index in [1.54, 1.807) is 14.2 Å². The van der Waals surface area contributed by atoms with Crippen molar-refractivity contribution in [3.8, 4) is 22.9 Å². The second-order valence-corrected chi connectivity index (χ2v) is 4.63. The van der Waals surface area contributed by atoms with E-state index in [2.05, 4.69) is 22.2 Å². The van der Waals surface area contributed by atoms with E-state index in [1.165, 1.54) is 0 Å². The summed E-state index contributed by atoms with van der Waals surface area (Å²) < 4.78 is 10.7. The van der Waals surface area contributed by atoms with Crippen LogP contribution in [0.2, 0.25) is 0 Å². The van der Waals surface area contributed by atoms with Crippen LogP contribution in [0.1, 0.15) is 18.2 Å². The number of hydrogen-bond acceptors (Lipinski definition) is 5. The number of aromatic nitrogens is 2. The van der Waals surface area contributed by atoms with E-state index in [9.17, 15) is 0 Å². The molecular formula is C16H21N3O2. The lowest BCUT2D eigenvalue weighted by molar-refractivity contribution is 0.404. The second-order valence-electron chi connectivity index (χ2n) is 4.63. The third kappa shape index (κ3) is 2.91. The normalized spacial score (nSPS) is 10.3. The lowest BCUT2D eigenvalue weighted by atomic mass is 10.1. The van der Waals surface area contributed by atoms with E-state index >= 15 is 0 Å². The van der Waals surface area contributed by atoms with Crippen LogP contribution in [-0.4, -0.2) is 31.2 Å². The summed E-state index contributed by atoms with van der Waals surface area (Å²) in [5.41, 5.74) is 2.92. The van der Waals surface area contributed by atoms with Gasteiger partial charge in [-0.1, -0.05) is 6.92 Å². The molecule has 2 aromatic rings. The van der Waals surface area contributed by atoms with E-state index < -0.39 is 0 Å². The Morgan fingerprint density at radius 1 is 1.14 bits per heavy atom. The third-order valence-corrected chi connectivity index (χ3v) is 3.45. The highest BCUT2D eigenvalue weighted by Crippen LogP contribution is 2.32. The second kappa shape index (κ2) is 6.43. The van der Waals surface area contributed by atoms with Crippen LogP contribution in [0.25, 0.3) is 11.4 Å². The first-order valence-electron chi connectivity index (χ1n) is 6.92. The molecule has 1 aromatic heterocycles. The van der Waals surface area contributed by atoms with Crippen LogP contribution in [0.15, 0.2) is 18.2 Å². The molecule has 5 heteroatoms. The van der Waals surface area contributed by atoms with Crippen molar-refractivity contribution in [3.63, 3.8) is 0 Å². The zero-order valence-electron chi connectivity index (χ0n) is 13.2. The molecule has 0 aliphatic carbocycles. The zero-order chi connectivity index (χ0) is 15.4. The predicted molar refractivity (Wildman–Crippen MR) is 84.2 cm³/mol. The molecule has 2 rings (SSSR count). The molecule has 0 aliphatic heterocycles. The molecule has 0 spiro atoms. The predicted octanol–water partition coefficient (Wildman–Crippen LogP) is 3.07. The van der Waals surface area contributed by atoms with Gasteiger partial charge in [0.2, 0.25) is 0 Å². The monoisotopic (exact) mass is 287 g/mol. The van der Waals surface area contributed by atoms with Gasteiger partial charge in [0.1, 0.15) is 17.3 Å². The van der Waals surface area contributed by atoms with Gasteiger partial charge >= 0.3 is 0 Å². The number of rotatable bonds is 5. The molecule has 21 heavy (non-hydrogen) atoms. The summed E-state index contributed by atoms with van der Waals surface area (Å²) in [6.07, 6.45) is 0.886. The minimum absolute atomic E-state index is 0.629. The highest BCUT2D eigenvalue weighted by Gasteiger charge is 2.15. The van der Waals surface area contributed by atoms with Crippen LogP contribution < -0.4 is 14.8 Å². The number of anilines is 1. The zero-order valence-corrected chi connectivity index (χ0v) is 13.2. The quantitative estimate of drug-likeness (QED) is 0.916. The molecule has 0 radical (unpaired) electrons. The SMILES string of the molecule is CCc1c(C)nc(-c2cc(OC)ccc2OC)nc1NC. The van der Waals surface area contributed by atoms with Crippen LogP contribution >= 0.6 is 0 Å². The van der Waals surface area contributed by atoms with Crippen molar-refractivity contribution in [1.29, 1.82) is 0 Å². The van der Waals surface area contributed by atoms with Crippen molar-refractivity contribution in [1.82, 2.24) is 9.97 Å². The van der Waals surface area contributed by atoms with Crippen LogP contribution in [0.3, 0.4) is 0 Å². The Hall–Kier alpha value is -2.30. The topological polar surface area (TPSA) is 56.3 Å². The molecule has 0 aliphatic rings. The molecule has 0 fully saturated rings. The lowest BCUT2D eigenvalue weighted by Gasteiger charge is -2.14. The Morgan fingerprint density at radius 3 is 2.48 bits per heavy atom. The maximum absolute atomic E-state index is 5.41. The first-order chi connectivity index (χ1) is 10.1. The molecule has 0 atom stereocenters. The van der Waals surface area contributed by atoms with Gasteiger partial charge in [-0.2, -0.15) is 0 Å². The van der Waals surface area contributed by atoms with Crippen LogP contribution in [0.4, 0.5) is 5.82 Å². The van der Waals surface area contributed by atoms with Crippen molar-refractivity contribution in [2.75, 3.05) is 26.6 Å². The number of methoxy groups -OCH3 is 2. The standard InChI is InChI=1S/C16H21N3O2/c1-6-12-10(2)18-16(19-15(12)17-3)13-9-11(20-4)7-8-14(13)21-5/h7-9H,6H2,1-5H3,(H,17,18,19). The Morgan fingerprint density at radius 2 is 1.90 bits per heavy atom. The van der Waals surface area contributed by atoms with Crippen molar-refractivity contribution in [2.45, 2.75) is 20.3 Å². The van der Waals surface area contributed by atoms with Gasteiger partial charge in [0, 0.05) is 18.3 Å². The van der Waals surface area contributed by atoms with Crippen molar-refractivity contribution < 1.29 is 9.47 Å². The van der Waals surface area contributed by atoms with Gasteiger partial charge < -0.3 is 14.8 Å². The Balaban J connectivity index is 2.63. The van der Waals surface area contributed by atoms with Crippen molar-refractivity contribution in [2.24, 2.45) is 0 Å². The van der Waals surface area contributed by atoms with Gasteiger partial charge in [-0.05, 0) is 31.5 Å². The number of nitrogens with zero attached hydrogens (tertiary/aromatic N) is 2. The van der Waals surface area contributed by atoms with Crippen molar-refractivity contribution >= 4 is 5.82 Å². The highest BCUT2D eigenvalue weighted by atomic mass is 16.5. The maximum atomic E-state index is 5.41. The number of nitrogens with one attached hydrogen (secondary N) is 1. The molecule has 0 saturated carbocycles. The fraction of sp³-hybridized carbons (Fsp3) is 0.375. The Labute approximate surface area is 125 Å². The van der Waals surface area contributed by atoms with Gasteiger partial charge in [-0.25, -0.2) is 9.97 Å². The van der Waals surface area contributed by atoms with Gasteiger partial charge in [0.25, 0.3) is 0 Å². The van der Waals surface area contributed by atoms with E-state index in [-0.39, 0.29) is 0 Å². The molecule has 1 aromatic carbocycles. The first kappa shape index (κ1) is 15.1. The molecule has 0 amide bonds. The van der Waals surface area contributed by atoms with Gasteiger partial charge in [-0.3, -0.25) is 0 Å². The molecule has 112 valence electrons. The van der Waals surface area contributed by atoms with Gasteiger partial charge in [0.15, 0.2) is 5.82 Å². The summed E-state index contributed by atoms with van der Waals surface area (Å²) in [6, 6.07) is 5.60. The highest BCUT2D eigenvalue weighted by molar-refractivity contribution is 5.68. The molecule has 0 saturated heterocycles. The average Bonchev–Trinajstić information content (AvgIpc) is 2.53. The summed E-state index contributed by atoms with van der Waals surface area (Å²) in [6.45, 7) is 4.09. The minimum Gasteiger partial charge on any atom is -0.497 e. The van der Waals surface area contributed by atoms with Crippen LogP contribution in [0, 0.1) is 6.92 Å². The van der Waals surface area contributed by atoms with Crippen molar-refractivity contribution in [3.05, 3.63) is 29.5 Å². The fourth-order valence-corrected chi connectivity index (χ4v) is 2.34. The summed E-state index contributed by atoms with van der Waals surface area (Å²) in [4.78, 5) is 9.24. The van der Waals surface area contributed by atoms with E-state index in [4.69, 9.17) is 9.47 Å². The van der Waals surface area contributed by atoms with E-state index in [0.29, 0.717) is 5.82 Å². The number of ether oxygens (including phenoxy) is 2. The van der Waals surface area contributed by atoms with E-state index in [0.717, 1.165) is 40.6 Å². The molecule has 0 unspecified atom stereocenters. The third-order valence-electron chi connectivity index (χ3n) is 3.45. The summed E-state index contributed by atoms with van der Waals surface area (Å²) in [7, 11) is 5.14. The average molecular weight is 287 g/mol. The van der Waals surface area contributed by atoms with Gasteiger partial charge in [-0.15, -0.1) is 0 Å². The summed E-state index contributed by atoms with van der Waals surface area (Å²) in [5, 5.41) is 3.14. The number of aryl methyl sites for hydroxylation is 1. The number of hydrogen-bond donors (Lipinski definition) is 1. The summed E-state index contributed by atoms with van der Waals surface area (Å²) in [5.74, 6) is 2.95. The lowest BCUT2D eigenvalue weighted by Crippen LogP contribution is -2.05. The van der Waals surface area contributed by atoms with Crippen LogP contribution in [-0.2, 0) is 6.42 Å². The minimum atomic E-state index is 0.629. The number of benzene rings is 1. The molecular weight excluding hydrogens is 266 g/mol. The summed E-state index contributed by atoms with van der Waals surface area (Å²) >= 11 is 0. The molecule has 5 nitrogen and oxygen atoms in total. The largest absolute Gasteiger partial charge is 0.497 e. The Bertz CT molecular complexity index is 642. The Kier molecular flexibility index (Phi) is 4.62. The molecule has 1 N–H and O–H groups in total. The maximum Gasteiger partial charge on any atom is 0.165 e. The smallest absolute Gasteiger partial charge is 0.165 e. The van der Waals surface area contributed by atoms with Gasteiger partial charge in [0.05, 0.1) is 19.8 Å². The fourth-order valence-electron chi connectivity index (χ4n) is 2.34. The first-order valence-corrected chi connectivity index (χ1v) is 6.92. The van der Waals surface area contributed by atoms with Crippen LogP contribution in [0.5, 0.6) is 11.5 Å². The van der Waals surface area contributed by atoms with E-state index in [1.807, 2.05) is 32.2 Å². The molecule has 1 heterocycles. The molecule has 0 bridgehead atoms.